The van der Waals surface area contributed by atoms with Gasteiger partial charge in [-0.1, -0.05) is 51.3 Å². The van der Waals surface area contributed by atoms with Crippen molar-refractivity contribution in [2.45, 2.75) is 136 Å². The van der Waals surface area contributed by atoms with Crippen molar-refractivity contribution in [3.8, 4) is 11.5 Å². The van der Waals surface area contributed by atoms with Crippen LogP contribution >= 0.6 is 0 Å². The van der Waals surface area contributed by atoms with E-state index in [0.29, 0.717) is 56.6 Å². The molecule has 66 heavy (non-hydrogen) atoms. The molecular weight excluding hydrogens is 863 g/mol. The Balaban J connectivity index is 0.000000241. The molecule has 0 bridgehead atoms. The summed E-state index contributed by atoms with van der Waals surface area (Å²) in [6.45, 7) is 7.24. The Morgan fingerprint density at radius 3 is 1.27 bits per heavy atom. The van der Waals surface area contributed by atoms with E-state index in [9.17, 15) is 35.9 Å². The first kappa shape index (κ1) is 52.4. The fourth-order valence-electron chi connectivity index (χ4n) is 9.73. The molecule has 14 heteroatoms. The summed E-state index contributed by atoms with van der Waals surface area (Å²) in [5.41, 5.74) is 2.40. The minimum absolute atomic E-state index is 0. The van der Waals surface area contributed by atoms with Gasteiger partial charge < -0.3 is 19.3 Å². The predicted molar refractivity (Wildman–Crippen MR) is 246 cm³/mol. The van der Waals surface area contributed by atoms with Crippen LogP contribution in [0.25, 0.3) is 21.5 Å². The lowest BCUT2D eigenvalue weighted by Gasteiger charge is -2.31. The number of ether oxygens (including phenoxy) is 3. The second-order valence-corrected chi connectivity index (χ2v) is 18.1. The van der Waals surface area contributed by atoms with E-state index in [-0.39, 0.29) is 70.5 Å². The van der Waals surface area contributed by atoms with E-state index < -0.39 is 30.2 Å². The van der Waals surface area contributed by atoms with Gasteiger partial charge in [-0.15, -0.1) is 0 Å². The van der Waals surface area contributed by atoms with Crippen molar-refractivity contribution in [3.63, 3.8) is 0 Å². The van der Waals surface area contributed by atoms with Crippen LogP contribution in [0.1, 0.15) is 110 Å². The van der Waals surface area contributed by atoms with Crippen molar-refractivity contribution in [3.05, 3.63) is 83.9 Å². The van der Waals surface area contributed by atoms with Gasteiger partial charge in [0, 0.05) is 13.1 Å². The van der Waals surface area contributed by atoms with Gasteiger partial charge in [0.05, 0.1) is 42.5 Å². The summed E-state index contributed by atoms with van der Waals surface area (Å²) in [7, 11) is 0. The lowest BCUT2D eigenvalue weighted by molar-refractivity contribution is -0.186. The maximum atomic E-state index is 12.9. The first-order valence-corrected chi connectivity index (χ1v) is 23.0. The number of nitrogens with zero attached hydrogens (tertiary/aromatic N) is 2. The second-order valence-electron chi connectivity index (χ2n) is 18.1. The number of carbonyl (C=O) groups excluding carboxylic acids is 1. The molecule has 8 nitrogen and oxygen atoms in total. The summed E-state index contributed by atoms with van der Waals surface area (Å²) in [5.74, 6) is -1.96. The number of carboxylic acids is 1. The van der Waals surface area contributed by atoms with Crippen molar-refractivity contribution < 1.29 is 55.2 Å². The van der Waals surface area contributed by atoms with Crippen molar-refractivity contribution >= 4 is 33.5 Å². The third-order valence-corrected chi connectivity index (χ3v) is 13.6. The maximum absolute atomic E-state index is 12.9. The van der Waals surface area contributed by atoms with Gasteiger partial charge in [-0.2, -0.15) is 26.3 Å². The molecule has 4 fully saturated rings. The molecular formula is C52H68F6N2O6. The lowest BCUT2D eigenvalue weighted by Crippen LogP contribution is -2.36. The molecule has 4 aromatic carbocycles. The summed E-state index contributed by atoms with van der Waals surface area (Å²) in [6.07, 6.45) is -3.18. The highest BCUT2D eigenvalue weighted by atomic mass is 19.4. The van der Waals surface area contributed by atoms with Crippen LogP contribution in [0.3, 0.4) is 0 Å². The molecule has 2 aliphatic carbocycles. The number of carboxylic acid groups (broad SMARTS) is 1. The Morgan fingerprint density at radius 2 is 0.909 bits per heavy atom. The van der Waals surface area contributed by atoms with Crippen molar-refractivity contribution in [2.75, 3.05) is 32.8 Å². The van der Waals surface area contributed by atoms with Gasteiger partial charge in [-0.3, -0.25) is 19.4 Å². The van der Waals surface area contributed by atoms with Crippen LogP contribution < -0.4 is 9.47 Å². The van der Waals surface area contributed by atoms with E-state index in [2.05, 4.69) is 40.1 Å². The van der Waals surface area contributed by atoms with Crippen LogP contribution in [0.4, 0.5) is 26.3 Å². The highest BCUT2D eigenvalue weighted by Crippen LogP contribution is 2.40. The van der Waals surface area contributed by atoms with Crippen LogP contribution in [0.5, 0.6) is 11.5 Å². The van der Waals surface area contributed by atoms with E-state index in [4.69, 9.17) is 19.3 Å². The number of halogens is 6. The number of likely N-dealkylation sites (tertiary alicyclic amines) is 2. The Hall–Kier alpha value is -4.56. The molecule has 8 rings (SSSR count). The van der Waals surface area contributed by atoms with E-state index in [1.165, 1.54) is 11.1 Å². The normalized spacial score (nSPS) is 22.6. The van der Waals surface area contributed by atoms with Gasteiger partial charge in [-0.25, -0.2) is 0 Å². The predicted octanol–water partition coefficient (Wildman–Crippen LogP) is 13.0. The number of hydrogen-bond acceptors (Lipinski definition) is 7. The third kappa shape index (κ3) is 14.5. The zero-order chi connectivity index (χ0) is 45.4. The van der Waals surface area contributed by atoms with E-state index in [0.717, 1.165) is 73.7 Å². The van der Waals surface area contributed by atoms with Gasteiger partial charge in [0.15, 0.2) is 0 Å². The minimum atomic E-state index is -4.10. The first-order valence-electron chi connectivity index (χ1n) is 23.0. The van der Waals surface area contributed by atoms with Crippen LogP contribution in [-0.2, 0) is 27.4 Å². The standard InChI is InChI=1S/C26H32F3NO3.C24H28F3NO3.2CH4/c1-2-32-25(31)19-11-13-30(14-12-19)17-18-3-4-21-16-24(8-5-20(21)15-18)33-23-9-6-22(7-10-23)26(27,28)29;25-24(26,27)20-4-7-21(8-5-20)31-22-6-3-18-13-16(1-2-19(18)14-22)15-28-11-9-17(10-12-28)23(29)30;;/h3-5,8,15-16,19,22-23H,2,6-7,9-14,17H2,1H3;1-3,6,13-14,17,20-21H,4-5,7-12,15H2,(H,29,30);2*1H4. The number of carbonyl (C=O) groups is 2. The molecule has 364 valence electrons. The molecule has 1 N–H and O–H groups in total. The number of rotatable bonds is 11. The average molecular weight is 931 g/mol. The molecule has 4 aliphatic rings. The van der Waals surface area contributed by atoms with E-state index in [1.807, 2.05) is 49.4 Å². The molecule has 0 atom stereocenters. The second kappa shape index (κ2) is 23.4. The quantitative estimate of drug-likeness (QED) is 0.118. The monoisotopic (exact) mass is 930 g/mol. The largest absolute Gasteiger partial charge is 0.490 e. The third-order valence-electron chi connectivity index (χ3n) is 13.6. The molecule has 0 amide bonds. The van der Waals surface area contributed by atoms with Crippen molar-refractivity contribution in [2.24, 2.45) is 23.7 Å². The molecule has 0 unspecified atom stereocenters. The molecule has 0 aromatic heterocycles. The van der Waals surface area contributed by atoms with Gasteiger partial charge in [0.2, 0.25) is 0 Å². The number of piperidine rings is 2. The molecule has 4 aromatic rings. The summed E-state index contributed by atoms with van der Waals surface area (Å²) in [6, 6.07) is 24.3. The molecule has 2 saturated carbocycles. The molecule has 0 spiro atoms. The van der Waals surface area contributed by atoms with Crippen molar-refractivity contribution in [1.29, 1.82) is 0 Å². The number of benzene rings is 4. The molecule has 2 heterocycles. The zero-order valence-electron chi connectivity index (χ0n) is 36.5. The average Bonchev–Trinajstić information content (AvgIpc) is 3.27. The maximum Gasteiger partial charge on any atom is 0.391 e. The van der Waals surface area contributed by atoms with Crippen LogP contribution in [0, 0.1) is 23.7 Å². The van der Waals surface area contributed by atoms with Gasteiger partial charge in [0.1, 0.15) is 11.5 Å². The number of esters is 1. The fraction of sp³-hybridized carbons (Fsp3) is 0.577. The van der Waals surface area contributed by atoms with Gasteiger partial charge in [0.25, 0.3) is 0 Å². The summed E-state index contributed by atoms with van der Waals surface area (Å²) >= 11 is 0. The van der Waals surface area contributed by atoms with E-state index in [1.54, 1.807) is 0 Å². The lowest BCUT2D eigenvalue weighted by atomic mass is 9.87. The highest BCUT2D eigenvalue weighted by Gasteiger charge is 2.43. The van der Waals surface area contributed by atoms with Crippen LogP contribution in [-0.4, -0.2) is 84.2 Å². The summed E-state index contributed by atoms with van der Waals surface area (Å²) < 4.78 is 94.2. The SMILES string of the molecule is C.C.CCOC(=O)C1CCN(Cc2ccc3cc(OC4CCC(C(F)(F)F)CC4)ccc3c2)CC1.O=C(O)C1CCN(Cc2ccc3cc(OC4CCC(C(F)(F)F)CC4)ccc3c2)CC1. The molecule has 2 saturated heterocycles. The number of fused-ring (bicyclic) bond motifs is 2. The number of aliphatic carboxylic acids is 1. The number of alkyl halides is 6. The van der Waals surface area contributed by atoms with Crippen LogP contribution in [0.15, 0.2) is 72.8 Å². The smallest absolute Gasteiger partial charge is 0.391 e. The Morgan fingerprint density at radius 1 is 0.545 bits per heavy atom. The van der Waals surface area contributed by atoms with Gasteiger partial charge in [-0.05, 0) is 179 Å². The van der Waals surface area contributed by atoms with Crippen LogP contribution in [0.2, 0.25) is 0 Å². The minimum Gasteiger partial charge on any atom is -0.490 e. The Labute approximate surface area is 385 Å². The topological polar surface area (TPSA) is 88.5 Å². The van der Waals surface area contributed by atoms with E-state index >= 15 is 0 Å². The molecule has 2 aliphatic heterocycles. The number of hydrogen-bond donors (Lipinski definition) is 1. The summed E-state index contributed by atoms with van der Waals surface area (Å²) in [4.78, 5) is 27.7. The highest BCUT2D eigenvalue weighted by molar-refractivity contribution is 5.85. The summed E-state index contributed by atoms with van der Waals surface area (Å²) in [5, 5.41) is 13.4. The molecule has 0 radical (unpaired) electrons. The Kier molecular flexibility index (Phi) is 18.6. The Bertz CT molecular complexity index is 2170. The zero-order valence-corrected chi connectivity index (χ0v) is 36.5. The fourth-order valence-corrected chi connectivity index (χ4v) is 9.73. The van der Waals surface area contributed by atoms with Crippen molar-refractivity contribution in [1.82, 2.24) is 9.80 Å². The van der Waals surface area contributed by atoms with Gasteiger partial charge >= 0.3 is 24.3 Å². The first-order chi connectivity index (χ1) is 30.6.